The minimum atomic E-state index is -1.22. The smallest absolute Gasteiger partial charge is 0.332 e. The van der Waals surface area contributed by atoms with Crippen molar-refractivity contribution in [2.24, 2.45) is 5.41 Å². The zero-order chi connectivity index (χ0) is 8.36. The van der Waals surface area contributed by atoms with Gasteiger partial charge in [0.1, 0.15) is 0 Å². The highest BCUT2D eigenvalue weighted by Crippen LogP contribution is 2.20. The van der Waals surface area contributed by atoms with E-state index in [4.69, 9.17) is 10.2 Å². The van der Waals surface area contributed by atoms with E-state index in [1.165, 1.54) is 0 Å². The van der Waals surface area contributed by atoms with Gasteiger partial charge in [0.05, 0.1) is 0 Å². The van der Waals surface area contributed by atoms with E-state index in [2.05, 4.69) is 0 Å². The Kier molecular flexibility index (Phi) is 2.84. The Morgan fingerprint density at radius 2 is 1.90 bits per heavy atom. The van der Waals surface area contributed by atoms with Crippen LogP contribution < -0.4 is 0 Å². The fourth-order valence-corrected chi connectivity index (χ4v) is 0.667. The molecule has 0 aromatic carbocycles. The molecule has 0 bridgehead atoms. The summed E-state index contributed by atoms with van der Waals surface area (Å²) in [5, 5.41) is 17.2. The van der Waals surface area contributed by atoms with Gasteiger partial charge in [0.25, 0.3) is 0 Å². The lowest BCUT2D eigenvalue weighted by Gasteiger charge is -2.19. The number of carbonyl (C=O) groups is 1. The molecule has 0 saturated heterocycles. The largest absolute Gasteiger partial charge is 0.479 e. The highest BCUT2D eigenvalue weighted by Gasteiger charge is 2.21. The van der Waals surface area contributed by atoms with E-state index in [1.54, 1.807) is 0 Å². The standard InChI is InChI=1S/C7H14O3/c1-7(2,3)4-5(8)6(9)10/h5,8H,4H2,1-3H3,(H,9,10)/t5-/m0/s1. The molecule has 0 fully saturated rings. The molecule has 1 atom stereocenters. The van der Waals surface area contributed by atoms with Gasteiger partial charge in [-0.05, 0) is 11.8 Å². The summed E-state index contributed by atoms with van der Waals surface area (Å²) >= 11 is 0. The van der Waals surface area contributed by atoms with Crippen molar-refractivity contribution < 1.29 is 15.0 Å². The fraction of sp³-hybridized carbons (Fsp3) is 0.857. The third kappa shape index (κ3) is 4.32. The maximum absolute atomic E-state index is 10.1. The van der Waals surface area contributed by atoms with Gasteiger partial charge in [-0.25, -0.2) is 4.79 Å². The first-order chi connectivity index (χ1) is 4.33. The average Bonchev–Trinajstić information content (AvgIpc) is 1.60. The van der Waals surface area contributed by atoms with Crippen LogP contribution in [0.25, 0.3) is 0 Å². The van der Waals surface area contributed by atoms with Crippen molar-refractivity contribution >= 4 is 5.97 Å². The quantitative estimate of drug-likeness (QED) is 0.607. The Bertz CT molecular complexity index is 123. The zero-order valence-corrected chi connectivity index (χ0v) is 6.59. The topological polar surface area (TPSA) is 57.5 Å². The van der Waals surface area contributed by atoms with Crippen LogP contribution >= 0.6 is 0 Å². The first-order valence-corrected chi connectivity index (χ1v) is 3.24. The molecule has 0 saturated carbocycles. The molecule has 2 N–H and O–H groups in total. The van der Waals surface area contributed by atoms with Gasteiger partial charge in [-0.15, -0.1) is 0 Å². The fourth-order valence-electron chi connectivity index (χ4n) is 0.667. The van der Waals surface area contributed by atoms with E-state index in [1.807, 2.05) is 20.8 Å². The lowest BCUT2D eigenvalue weighted by atomic mass is 9.89. The van der Waals surface area contributed by atoms with Crippen LogP contribution in [-0.4, -0.2) is 22.3 Å². The van der Waals surface area contributed by atoms with Gasteiger partial charge < -0.3 is 10.2 Å². The molecular formula is C7H14O3. The Balaban J connectivity index is 3.80. The summed E-state index contributed by atoms with van der Waals surface area (Å²) < 4.78 is 0. The normalized spacial score (nSPS) is 14.8. The molecule has 60 valence electrons. The number of rotatable bonds is 2. The van der Waals surface area contributed by atoms with Crippen LogP contribution in [0.3, 0.4) is 0 Å². The maximum Gasteiger partial charge on any atom is 0.332 e. The Hall–Kier alpha value is -0.570. The van der Waals surface area contributed by atoms with Crippen LogP contribution in [0.4, 0.5) is 0 Å². The van der Waals surface area contributed by atoms with Gasteiger partial charge in [0.15, 0.2) is 6.10 Å². The minimum absolute atomic E-state index is 0.127. The summed E-state index contributed by atoms with van der Waals surface area (Å²) in [4.78, 5) is 10.1. The Labute approximate surface area is 60.7 Å². The molecule has 0 radical (unpaired) electrons. The number of carboxylic acid groups (broad SMARTS) is 1. The molecule has 0 aliphatic rings. The number of aliphatic carboxylic acids is 1. The van der Waals surface area contributed by atoms with E-state index in [0.29, 0.717) is 6.42 Å². The third-order valence-electron chi connectivity index (χ3n) is 1.09. The summed E-state index contributed by atoms with van der Waals surface area (Å²) in [6.07, 6.45) is -0.928. The molecule has 0 spiro atoms. The summed E-state index contributed by atoms with van der Waals surface area (Å²) in [6, 6.07) is 0. The van der Waals surface area contributed by atoms with Gasteiger partial charge in [-0.2, -0.15) is 0 Å². The van der Waals surface area contributed by atoms with Gasteiger partial charge in [-0.3, -0.25) is 0 Å². The lowest BCUT2D eigenvalue weighted by Crippen LogP contribution is -2.25. The molecule has 0 aromatic rings. The highest BCUT2D eigenvalue weighted by molar-refractivity contribution is 5.71. The second-order valence-electron chi connectivity index (χ2n) is 3.62. The number of hydrogen-bond donors (Lipinski definition) is 2. The van der Waals surface area contributed by atoms with E-state index in [-0.39, 0.29) is 5.41 Å². The van der Waals surface area contributed by atoms with Crippen molar-refractivity contribution in [1.29, 1.82) is 0 Å². The van der Waals surface area contributed by atoms with Crippen molar-refractivity contribution in [1.82, 2.24) is 0 Å². The van der Waals surface area contributed by atoms with E-state index >= 15 is 0 Å². The molecule has 3 nitrogen and oxygen atoms in total. The summed E-state index contributed by atoms with van der Waals surface area (Å²) in [5.41, 5.74) is -0.127. The average molecular weight is 146 g/mol. The molecule has 0 amide bonds. The monoisotopic (exact) mass is 146 g/mol. The van der Waals surface area contributed by atoms with Gasteiger partial charge in [0, 0.05) is 0 Å². The second kappa shape index (κ2) is 3.01. The maximum atomic E-state index is 10.1. The molecular weight excluding hydrogens is 132 g/mol. The predicted octanol–water partition coefficient (Wildman–Crippen LogP) is 0.868. The first kappa shape index (κ1) is 9.43. The van der Waals surface area contributed by atoms with Crippen molar-refractivity contribution in [2.45, 2.75) is 33.3 Å². The molecule has 0 aromatic heterocycles. The van der Waals surface area contributed by atoms with Gasteiger partial charge in [0.2, 0.25) is 0 Å². The first-order valence-electron chi connectivity index (χ1n) is 3.24. The molecule has 0 heterocycles. The molecule has 10 heavy (non-hydrogen) atoms. The van der Waals surface area contributed by atoms with Crippen molar-refractivity contribution in [3.8, 4) is 0 Å². The van der Waals surface area contributed by atoms with Gasteiger partial charge >= 0.3 is 5.97 Å². The predicted molar refractivity (Wildman–Crippen MR) is 37.7 cm³/mol. The van der Waals surface area contributed by atoms with Crippen LogP contribution in [0.15, 0.2) is 0 Å². The zero-order valence-electron chi connectivity index (χ0n) is 6.59. The van der Waals surface area contributed by atoms with Crippen molar-refractivity contribution in [3.63, 3.8) is 0 Å². The summed E-state index contributed by atoms with van der Waals surface area (Å²) in [5.74, 6) is -1.14. The molecule has 0 aliphatic carbocycles. The van der Waals surface area contributed by atoms with Crippen LogP contribution in [0.5, 0.6) is 0 Å². The van der Waals surface area contributed by atoms with Gasteiger partial charge in [-0.1, -0.05) is 20.8 Å². The van der Waals surface area contributed by atoms with Crippen LogP contribution in [-0.2, 0) is 4.79 Å². The molecule has 0 aliphatic heterocycles. The number of aliphatic hydroxyl groups excluding tert-OH is 1. The molecule has 0 rings (SSSR count). The Morgan fingerprint density at radius 1 is 1.50 bits per heavy atom. The highest BCUT2D eigenvalue weighted by atomic mass is 16.4. The molecule has 3 heteroatoms. The number of carboxylic acids is 1. The van der Waals surface area contributed by atoms with E-state index in [0.717, 1.165) is 0 Å². The summed E-state index contributed by atoms with van der Waals surface area (Å²) in [6.45, 7) is 5.66. The second-order valence-corrected chi connectivity index (χ2v) is 3.62. The Morgan fingerprint density at radius 3 is 2.00 bits per heavy atom. The van der Waals surface area contributed by atoms with Crippen LogP contribution in [0.1, 0.15) is 27.2 Å². The third-order valence-corrected chi connectivity index (χ3v) is 1.09. The number of aliphatic hydroxyl groups is 1. The number of hydrogen-bond acceptors (Lipinski definition) is 2. The van der Waals surface area contributed by atoms with Crippen molar-refractivity contribution in [2.75, 3.05) is 0 Å². The summed E-state index contributed by atoms with van der Waals surface area (Å²) in [7, 11) is 0. The minimum Gasteiger partial charge on any atom is -0.479 e. The van der Waals surface area contributed by atoms with E-state index < -0.39 is 12.1 Å². The van der Waals surface area contributed by atoms with Crippen LogP contribution in [0, 0.1) is 5.41 Å². The van der Waals surface area contributed by atoms with Crippen LogP contribution in [0.2, 0.25) is 0 Å². The van der Waals surface area contributed by atoms with Crippen molar-refractivity contribution in [3.05, 3.63) is 0 Å². The lowest BCUT2D eigenvalue weighted by molar-refractivity contribution is -0.148. The SMILES string of the molecule is CC(C)(C)C[C@H](O)C(=O)O. The molecule has 0 unspecified atom stereocenters. The van der Waals surface area contributed by atoms with E-state index in [9.17, 15) is 4.79 Å².